The minimum atomic E-state index is -3.74. The lowest BCUT2D eigenvalue weighted by atomic mass is 9.99. The smallest absolute Gasteiger partial charge is 0.257 e. The molecule has 0 radical (unpaired) electrons. The molecule has 0 saturated carbocycles. The first-order valence-corrected chi connectivity index (χ1v) is 12.1. The summed E-state index contributed by atoms with van der Waals surface area (Å²) in [4.78, 5) is 15.0. The molecule has 0 aliphatic carbocycles. The Labute approximate surface area is 187 Å². The summed E-state index contributed by atoms with van der Waals surface area (Å²) in [7, 11) is -3.74. The van der Waals surface area contributed by atoms with E-state index in [0.717, 1.165) is 0 Å². The number of nitrogens with zero attached hydrogens (tertiary/aromatic N) is 2. The molecule has 0 bridgehead atoms. The van der Waals surface area contributed by atoms with Gasteiger partial charge in [0.25, 0.3) is 5.91 Å². The topological polar surface area (TPSA) is 76.2 Å². The fourth-order valence-corrected chi connectivity index (χ4v) is 6.06. The lowest BCUT2D eigenvalue weighted by Gasteiger charge is -2.42. The SMILES string of the molecule is CCOc1ccccc1C(=O)N1CCC2(CC1)OCCN2S(=O)(=O)c1ccc(Cl)cc1. The first-order valence-electron chi connectivity index (χ1n) is 10.3. The average Bonchev–Trinajstić information content (AvgIpc) is 3.18. The van der Waals surface area contributed by atoms with Gasteiger partial charge in [-0.15, -0.1) is 0 Å². The van der Waals surface area contributed by atoms with Gasteiger partial charge in [0.1, 0.15) is 11.5 Å². The van der Waals surface area contributed by atoms with Crippen LogP contribution in [0.1, 0.15) is 30.1 Å². The van der Waals surface area contributed by atoms with Crippen molar-refractivity contribution < 1.29 is 22.7 Å². The van der Waals surface area contributed by atoms with E-state index in [1.165, 1.54) is 16.4 Å². The first-order chi connectivity index (χ1) is 14.9. The van der Waals surface area contributed by atoms with Crippen LogP contribution in [0.15, 0.2) is 53.4 Å². The molecule has 2 fully saturated rings. The number of halogens is 1. The average molecular weight is 465 g/mol. The monoisotopic (exact) mass is 464 g/mol. The Morgan fingerprint density at radius 1 is 1.10 bits per heavy atom. The molecule has 4 rings (SSSR count). The predicted octanol–water partition coefficient (Wildman–Crippen LogP) is 3.39. The molecule has 31 heavy (non-hydrogen) atoms. The van der Waals surface area contributed by atoms with Crippen LogP contribution in [-0.2, 0) is 14.8 Å². The van der Waals surface area contributed by atoms with E-state index in [1.807, 2.05) is 19.1 Å². The summed E-state index contributed by atoms with van der Waals surface area (Å²) in [5.74, 6) is 0.434. The Morgan fingerprint density at radius 3 is 2.45 bits per heavy atom. The molecule has 9 heteroatoms. The van der Waals surface area contributed by atoms with Crippen LogP contribution in [0, 0.1) is 0 Å². The number of piperidine rings is 1. The normalized spacial score (nSPS) is 19.0. The maximum atomic E-state index is 13.3. The minimum absolute atomic E-state index is 0.121. The highest BCUT2D eigenvalue weighted by atomic mass is 35.5. The molecule has 166 valence electrons. The summed E-state index contributed by atoms with van der Waals surface area (Å²) in [6.07, 6.45) is 0.810. The van der Waals surface area contributed by atoms with Crippen molar-refractivity contribution in [2.45, 2.75) is 30.4 Å². The summed E-state index contributed by atoms with van der Waals surface area (Å²) in [6.45, 7) is 3.75. The number of carbonyl (C=O) groups is 1. The highest BCUT2D eigenvalue weighted by Gasteiger charge is 2.51. The van der Waals surface area contributed by atoms with Gasteiger partial charge in [0.15, 0.2) is 0 Å². The van der Waals surface area contributed by atoms with E-state index in [1.54, 1.807) is 29.2 Å². The van der Waals surface area contributed by atoms with Crippen molar-refractivity contribution in [2.75, 3.05) is 32.8 Å². The molecule has 7 nitrogen and oxygen atoms in total. The van der Waals surface area contributed by atoms with Gasteiger partial charge in [0.05, 0.1) is 23.7 Å². The van der Waals surface area contributed by atoms with Gasteiger partial charge in [-0.3, -0.25) is 4.79 Å². The second kappa shape index (κ2) is 8.78. The van der Waals surface area contributed by atoms with Crippen molar-refractivity contribution in [3.05, 3.63) is 59.1 Å². The van der Waals surface area contributed by atoms with E-state index in [9.17, 15) is 13.2 Å². The van der Waals surface area contributed by atoms with Crippen LogP contribution in [-0.4, -0.2) is 62.1 Å². The van der Waals surface area contributed by atoms with Gasteiger partial charge in [-0.1, -0.05) is 23.7 Å². The molecule has 2 aliphatic rings. The number of sulfonamides is 1. The predicted molar refractivity (Wildman–Crippen MR) is 117 cm³/mol. The molecule has 2 aromatic carbocycles. The fourth-order valence-electron chi connectivity index (χ4n) is 4.22. The number of amides is 1. The summed E-state index contributed by atoms with van der Waals surface area (Å²) in [5.41, 5.74) is -0.424. The van der Waals surface area contributed by atoms with Crippen LogP contribution in [0.25, 0.3) is 0 Å². The molecule has 0 aromatic heterocycles. The van der Waals surface area contributed by atoms with Gasteiger partial charge in [0, 0.05) is 37.5 Å². The Bertz CT molecular complexity index is 1050. The second-order valence-corrected chi connectivity index (χ2v) is 9.85. The van der Waals surface area contributed by atoms with E-state index < -0.39 is 15.7 Å². The second-order valence-electron chi connectivity index (χ2n) is 7.55. The third-order valence-corrected chi connectivity index (χ3v) is 7.99. The van der Waals surface area contributed by atoms with E-state index >= 15 is 0 Å². The van der Waals surface area contributed by atoms with Gasteiger partial charge in [-0.05, 0) is 43.3 Å². The van der Waals surface area contributed by atoms with Crippen LogP contribution in [0.4, 0.5) is 0 Å². The van der Waals surface area contributed by atoms with Crippen molar-refractivity contribution >= 4 is 27.5 Å². The minimum Gasteiger partial charge on any atom is -0.493 e. The fraction of sp³-hybridized carbons (Fsp3) is 0.409. The van der Waals surface area contributed by atoms with Crippen LogP contribution in [0.5, 0.6) is 5.75 Å². The molecule has 1 spiro atoms. The van der Waals surface area contributed by atoms with Crippen molar-refractivity contribution in [1.29, 1.82) is 0 Å². The zero-order valence-electron chi connectivity index (χ0n) is 17.3. The Kier molecular flexibility index (Phi) is 6.25. The van der Waals surface area contributed by atoms with Crippen molar-refractivity contribution in [3.8, 4) is 5.75 Å². The number of rotatable bonds is 5. The third-order valence-electron chi connectivity index (χ3n) is 5.77. The number of carbonyl (C=O) groups excluding carboxylic acids is 1. The van der Waals surface area contributed by atoms with Gasteiger partial charge in [-0.25, -0.2) is 8.42 Å². The summed E-state index contributed by atoms with van der Waals surface area (Å²) >= 11 is 5.91. The van der Waals surface area contributed by atoms with Crippen LogP contribution in [0.2, 0.25) is 5.02 Å². The third kappa shape index (κ3) is 4.17. The van der Waals surface area contributed by atoms with Crippen molar-refractivity contribution in [2.24, 2.45) is 0 Å². The molecule has 2 heterocycles. The maximum Gasteiger partial charge on any atom is 0.257 e. The standard InChI is InChI=1S/C22H25ClN2O5S/c1-2-29-20-6-4-3-5-19(20)21(26)24-13-11-22(12-14-24)25(15-16-30-22)31(27,28)18-9-7-17(23)8-10-18/h3-10H,2,11-16H2,1H3. The molecule has 0 unspecified atom stereocenters. The number of hydrogen-bond donors (Lipinski definition) is 0. The lowest BCUT2D eigenvalue weighted by molar-refractivity contribution is -0.0857. The van der Waals surface area contributed by atoms with Crippen molar-refractivity contribution in [1.82, 2.24) is 9.21 Å². The summed E-state index contributed by atoms with van der Waals surface area (Å²) < 4.78 is 39.6. The Hall–Kier alpha value is -2.13. The largest absolute Gasteiger partial charge is 0.493 e. The van der Waals surface area contributed by atoms with Crippen LogP contribution >= 0.6 is 11.6 Å². The van der Waals surface area contributed by atoms with E-state index in [2.05, 4.69) is 0 Å². The van der Waals surface area contributed by atoms with Gasteiger partial charge < -0.3 is 14.4 Å². The zero-order chi connectivity index (χ0) is 22.1. The van der Waals surface area contributed by atoms with Crippen molar-refractivity contribution in [3.63, 3.8) is 0 Å². The first kappa shape index (κ1) is 22.1. The van der Waals surface area contributed by atoms with E-state index in [4.69, 9.17) is 21.1 Å². The number of para-hydroxylation sites is 1. The maximum absolute atomic E-state index is 13.3. The van der Waals surface area contributed by atoms with E-state index in [-0.39, 0.29) is 17.3 Å². The molecule has 2 aromatic rings. The molecule has 0 N–H and O–H groups in total. The number of benzene rings is 2. The molecule has 2 aliphatic heterocycles. The highest BCUT2D eigenvalue weighted by Crippen LogP contribution is 2.39. The number of likely N-dealkylation sites (tertiary alicyclic amines) is 1. The number of ether oxygens (including phenoxy) is 2. The molecule has 1 amide bonds. The zero-order valence-corrected chi connectivity index (χ0v) is 18.9. The number of hydrogen-bond acceptors (Lipinski definition) is 5. The van der Waals surface area contributed by atoms with Gasteiger partial charge in [-0.2, -0.15) is 4.31 Å². The van der Waals surface area contributed by atoms with Crippen LogP contribution in [0.3, 0.4) is 0 Å². The molecule has 2 saturated heterocycles. The molecular formula is C22H25ClN2O5S. The van der Waals surface area contributed by atoms with Crippen LogP contribution < -0.4 is 4.74 Å². The lowest BCUT2D eigenvalue weighted by Crippen LogP contribution is -2.55. The molecular weight excluding hydrogens is 440 g/mol. The summed E-state index contributed by atoms with van der Waals surface area (Å²) in [6, 6.07) is 13.3. The van der Waals surface area contributed by atoms with Gasteiger partial charge >= 0.3 is 0 Å². The Morgan fingerprint density at radius 2 is 1.77 bits per heavy atom. The van der Waals surface area contributed by atoms with Gasteiger partial charge in [0.2, 0.25) is 10.0 Å². The quantitative estimate of drug-likeness (QED) is 0.678. The highest BCUT2D eigenvalue weighted by molar-refractivity contribution is 7.89. The summed E-state index contributed by atoms with van der Waals surface area (Å²) in [5, 5.41) is 0.477. The Balaban J connectivity index is 1.52. The van der Waals surface area contributed by atoms with E-state index in [0.29, 0.717) is 55.5 Å². The molecule has 0 atom stereocenters.